The van der Waals surface area contributed by atoms with Crippen LogP contribution in [0.4, 0.5) is 0 Å². The molecule has 0 N–H and O–H groups in total. The minimum Gasteiger partial charge on any atom is -0.497 e. The molecule has 0 radical (unpaired) electrons. The van der Waals surface area contributed by atoms with Crippen LogP contribution in [-0.2, 0) is 9.53 Å². The third-order valence-corrected chi connectivity index (χ3v) is 5.51. The van der Waals surface area contributed by atoms with E-state index >= 15 is 0 Å². The summed E-state index contributed by atoms with van der Waals surface area (Å²) in [6.07, 6.45) is 0. The quantitative estimate of drug-likeness (QED) is 0.772. The number of carbonyl (C=O) groups is 1. The number of hydrogen-bond donors (Lipinski definition) is 0. The van der Waals surface area contributed by atoms with Crippen LogP contribution < -0.4 is 4.74 Å². The van der Waals surface area contributed by atoms with Gasteiger partial charge in [0.05, 0.1) is 13.7 Å². The Morgan fingerprint density at radius 2 is 1.92 bits per heavy atom. The van der Waals surface area contributed by atoms with E-state index in [1.54, 1.807) is 25.8 Å². The molecule has 2 heterocycles. The Balaban J connectivity index is 1.83. The molecule has 0 saturated heterocycles. The van der Waals surface area contributed by atoms with Crippen LogP contribution >= 0.6 is 11.8 Å². The normalized spacial score (nSPS) is 17.8. The Bertz CT molecular complexity index is 899. The molecule has 2 aromatic carbocycles. The molecule has 4 nitrogen and oxygen atoms in total. The minimum atomic E-state index is -0.367. The third-order valence-electron chi connectivity index (χ3n) is 4.27. The first-order valence-electron chi connectivity index (χ1n) is 8.13. The highest BCUT2D eigenvalue weighted by Gasteiger charge is 2.39. The Morgan fingerprint density at radius 1 is 1.16 bits per heavy atom. The Morgan fingerprint density at radius 3 is 2.64 bits per heavy atom. The minimum absolute atomic E-state index is 0.113. The van der Waals surface area contributed by atoms with Crippen LogP contribution in [0.5, 0.6) is 5.75 Å². The highest BCUT2D eigenvalue weighted by molar-refractivity contribution is 8.03. The molecule has 0 aromatic heterocycles. The predicted molar refractivity (Wildman–Crippen MR) is 99.0 cm³/mol. The van der Waals surface area contributed by atoms with Crippen LogP contribution in [0.15, 0.2) is 63.3 Å². The van der Waals surface area contributed by atoms with Crippen molar-refractivity contribution >= 4 is 29.0 Å². The fourth-order valence-corrected chi connectivity index (χ4v) is 4.42. The first-order valence-corrected chi connectivity index (χ1v) is 8.95. The van der Waals surface area contributed by atoms with E-state index in [4.69, 9.17) is 14.5 Å². The maximum atomic E-state index is 12.5. The Hall–Kier alpha value is -2.53. The van der Waals surface area contributed by atoms with Gasteiger partial charge in [-0.15, -0.1) is 0 Å². The van der Waals surface area contributed by atoms with Gasteiger partial charge >= 0.3 is 5.97 Å². The number of nitrogens with zero attached hydrogens (tertiary/aromatic N) is 1. The van der Waals surface area contributed by atoms with E-state index in [9.17, 15) is 4.79 Å². The third kappa shape index (κ3) is 2.65. The average molecular weight is 351 g/mol. The molecule has 2 aromatic rings. The average Bonchev–Trinajstić information content (AvgIpc) is 3.18. The van der Waals surface area contributed by atoms with Crippen LogP contribution in [0, 0.1) is 0 Å². The molecule has 2 aliphatic rings. The summed E-state index contributed by atoms with van der Waals surface area (Å²) in [5.74, 6) is 0.411. The molecule has 1 atom stereocenters. The summed E-state index contributed by atoms with van der Waals surface area (Å²) in [6, 6.07) is 15.8. The van der Waals surface area contributed by atoms with Crippen LogP contribution in [0.25, 0.3) is 5.57 Å². The van der Waals surface area contributed by atoms with Crippen molar-refractivity contribution in [3.05, 3.63) is 64.6 Å². The van der Waals surface area contributed by atoms with Crippen molar-refractivity contribution in [3.63, 3.8) is 0 Å². The zero-order valence-electron chi connectivity index (χ0n) is 14.0. The van der Waals surface area contributed by atoms with Crippen molar-refractivity contribution in [1.29, 1.82) is 0 Å². The molecule has 1 unspecified atom stereocenters. The predicted octanol–water partition coefficient (Wildman–Crippen LogP) is 4.27. The van der Waals surface area contributed by atoms with Crippen LogP contribution in [0.2, 0.25) is 0 Å². The molecule has 0 spiro atoms. The molecule has 0 saturated carbocycles. The number of hydrogen-bond acceptors (Lipinski definition) is 5. The zero-order chi connectivity index (χ0) is 17.4. The van der Waals surface area contributed by atoms with Gasteiger partial charge in [0.1, 0.15) is 11.8 Å². The smallest absolute Gasteiger partial charge is 0.357 e. The molecule has 0 bridgehead atoms. The molecule has 4 rings (SSSR count). The lowest BCUT2D eigenvalue weighted by Crippen LogP contribution is -2.18. The summed E-state index contributed by atoms with van der Waals surface area (Å²) in [5.41, 5.74) is 3.37. The zero-order valence-corrected chi connectivity index (χ0v) is 14.8. The number of carbonyl (C=O) groups excluding carboxylic acids is 1. The van der Waals surface area contributed by atoms with Gasteiger partial charge in [-0.2, -0.15) is 0 Å². The maximum Gasteiger partial charge on any atom is 0.357 e. The van der Waals surface area contributed by atoms with E-state index in [0.717, 1.165) is 27.4 Å². The number of benzene rings is 2. The lowest BCUT2D eigenvalue weighted by atomic mass is 9.99. The maximum absolute atomic E-state index is 12.5. The van der Waals surface area contributed by atoms with Gasteiger partial charge in [0.15, 0.2) is 5.71 Å². The Kier molecular flexibility index (Phi) is 4.09. The number of fused-ring (bicyclic) bond motifs is 3. The number of methoxy groups -OCH3 is 1. The van der Waals surface area contributed by atoms with Crippen molar-refractivity contribution in [2.45, 2.75) is 17.9 Å². The number of rotatable bonds is 4. The molecule has 0 fully saturated rings. The van der Waals surface area contributed by atoms with E-state index in [-0.39, 0.29) is 12.0 Å². The summed E-state index contributed by atoms with van der Waals surface area (Å²) < 4.78 is 10.5. The SMILES string of the molecule is CCOC(=O)C1=NC2C(=C1c1ccc(OC)cc1)Sc1ccccc12. The first kappa shape index (κ1) is 16.0. The molecular formula is C20H17NO3S. The summed E-state index contributed by atoms with van der Waals surface area (Å²) in [5, 5.41) is 0. The summed E-state index contributed by atoms with van der Waals surface area (Å²) in [7, 11) is 1.64. The summed E-state index contributed by atoms with van der Waals surface area (Å²) in [6.45, 7) is 2.13. The molecule has 2 aliphatic heterocycles. The highest BCUT2D eigenvalue weighted by Crippen LogP contribution is 2.55. The second kappa shape index (κ2) is 6.41. The van der Waals surface area contributed by atoms with E-state index < -0.39 is 0 Å². The van der Waals surface area contributed by atoms with Gasteiger partial charge < -0.3 is 9.47 Å². The van der Waals surface area contributed by atoms with Crippen molar-refractivity contribution < 1.29 is 14.3 Å². The van der Waals surface area contributed by atoms with Crippen molar-refractivity contribution in [3.8, 4) is 5.75 Å². The van der Waals surface area contributed by atoms with Crippen LogP contribution in [0.1, 0.15) is 24.1 Å². The molecule has 25 heavy (non-hydrogen) atoms. The lowest BCUT2D eigenvalue weighted by Gasteiger charge is -2.09. The van der Waals surface area contributed by atoms with Gasteiger partial charge in [-0.3, -0.25) is 4.99 Å². The molecule has 0 aliphatic carbocycles. The fourth-order valence-electron chi connectivity index (χ4n) is 3.13. The van der Waals surface area contributed by atoms with Gasteiger partial charge in [0, 0.05) is 15.4 Å². The standard InChI is InChI=1S/C20H17NO3S/c1-3-24-20(22)18-16(12-8-10-13(23-2)11-9-12)19-17(21-18)14-6-4-5-7-15(14)25-19/h4-11,17H,3H2,1-2H3. The number of aliphatic imine (C=N–C) groups is 1. The topological polar surface area (TPSA) is 47.9 Å². The van der Waals surface area contributed by atoms with Gasteiger partial charge in [0.2, 0.25) is 0 Å². The largest absolute Gasteiger partial charge is 0.497 e. The fraction of sp³-hybridized carbons (Fsp3) is 0.200. The first-order chi connectivity index (χ1) is 12.2. The van der Waals surface area contributed by atoms with Gasteiger partial charge in [0.25, 0.3) is 0 Å². The van der Waals surface area contributed by atoms with Crippen LogP contribution in [-0.4, -0.2) is 25.4 Å². The van der Waals surface area contributed by atoms with E-state index in [0.29, 0.717) is 12.3 Å². The van der Waals surface area contributed by atoms with E-state index in [1.807, 2.05) is 36.4 Å². The van der Waals surface area contributed by atoms with Gasteiger partial charge in [-0.1, -0.05) is 42.1 Å². The number of esters is 1. The van der Waals surface area contributed by atoms with Crippen molar-refractivity contribution in [2.24, 2.45) is 4.99 Å². The highest BCUT2D eigenvalue weighted by atomic mass is 32.2. The second-order valence-corrected chi connectivity index (χ2v) is 6.79. The lowest BCUT2D eigenvalue weighted by molar-refractivity contribution is -0.134. The molecule has 5 heteroatoms. The van der Waals surface area contributed by atoms with Crippen LogP contribution in [0.3, 0.4) is 0 Å². The monoisotopic (exact) mass is 351 g/mol. The Labute approximate surface area is 150 Å². The van der Waals surface area contributed by atoms with Crippen molar-refractivity contribution in [1.82, 2.24) is 0 Å². The second-order valence-electron chi connectivity index (χ2n) is 5.71. The number of ether oxygens (including phenoxy) is 2. The van der Waals surface area contributed by atoms with E-state index in [1.165, 1.54) is 4.90 Å². The van der Waals surface area contributed by atoms with Gasteiger partial charge in [-0.25, -0.2) is 4.79 Å². The number of thioether (sulfide) groups is 1. The molecular weight excluding hydrogens is 334 g/mol. The summed E-state index contributed by atoms with van der Waals surface area (Å²) in [4.78, 5) is 19.5. The molecule has 126 valence electrons. The summed E-state index contributed by atoms with van der Waals surface area (Å²) >= 11 is 1.68. The van der Waals surface area contributed by atoms with Crippen molar-refractivity contribution in [2.75, 3.05) is 13.7 Å². The molecule has 0 amide bonds. The van der Waals surface area contributed by atoms with E-state index in [2.05, 4.69) is 12.1 Å². The van der Waals surface area contributed by atoms with Gasteiger partial charge in [-0.05, 0) is 36.2 Å².